The molecule has 0 radical (unpaired) electrons. The van der Waals surface area contributed by atoms with E-state index < -0.39 is 0 Å². The number of nitrogens with one attached hydrogen (secondary N) is 1. The lowest BCUT2D eigenvalue weighted by molar-refractivity contribution is 0.436. The number of benzene rings is 1. The van der Waals surface area contributed by atoms with E-state index in [4.69, 9.17) is 0 Å². The maximum atomic E-state index is 4.62. The van der Waals surface area contributed by atoms with E-state index >= 15 is 0 Å². The van der Waals surface area contributed by atoms with E-state index in [9.17, 15) is 0 Å². The van der Waals surface area contributed by atoms with Gasteiger partial charge in [-0.2, -0.15) is 15.4 Å². The fourth-order valence-electron chi connectivity index (χ4n) is 3.45. The van der Waals surface area contributed by atoms with Crippen molar-refractivity contribution in [2.75, 3.05) is 0 Å². The van der Waals surface area contributed by atoms with Crippen LogP contribution in [-0.4, -0.2) is 29.9 Å². The molecule has 0 amide bonds. The molecule has 6 nitrogen and oxygen atoms in total. The van der Waals surface area contributed by atoms with E-state index in [1.165, 1.54) is 5.56 Å². The van der Waals surface area contributed by atoms with Crippen LogP contribution in [0, 0.1) is 12.8 Å². The second kappa shape index (κ2) is 7.15. The minimum Gasteiger partial charge on any atom is -0.329 e. The maximum Gasteiger partial charge on any atom is 0.115 e. The summed E-state index contributed by atoms with van der Waals surface area (Å²) in [5.41, 5.74) is 5.62. The van der Waals surface area contributed by atoms with Crippen LogP contribution in [0.4, 0.5) is 0 Å². The molecule has 0 aliphatic carbocycles. The maximum absolute atomic E-state index is 4.62. The molecule has 3 aromatic heterocycles. The first kappa shape index (κ1) is 17.1. The number of nitrogens with zero attached hydrogens (tertiary/aromatic N) is 5. The molecule has 1 aromatic carbocycles. The zero-order valence-electron chi connectivity index (χ0n) is 15.7. The highest BCUT2D eigenvalue weighted by atomic mass is 15.3. The third kappa shape index (κ3) is 3.38. The van der Waals surface area contributed by atoms with Crippen LogP contribution in [0.2, 0.25) is 0 Å². The Morgan fingerprint density at radius 2 is 1.78 bits per heavy atom. The number of aryl methyl sites for hydroxylation is 1. The van der Waals surface area contributed by atoms with Crippen LogP contribution in [0.25, 0.3) is 22.6 Å². The first-order valence-electron chi connectivity index (χ1n) is 9.06. The van der Waals surface area contributed by atoms with Crippen LogP contribution < -0.4 is 0 Å². The van der Waals surface area contributed by atoms with Crippen LogP contribution in [-0.2, 0) is 0 Å². The average Bonchev–Trinajstić information content (AvgIpc) is 3.32. The number of hydrogen-bond donors (Lipinski definition) is 1. The van der Waals surface area contributed by atoms with Crippen LogP contribution in [0.1, 0.15) is 31.1 Å². The van der Waals surface area contributed by atoms with E-state index in [0.717, 1.165) is 28.3 Å². The number of imidazole rings is 1. The molecule has 0 spiro atoms. The van der Waals surface area contributed by atoms with Crippen LogP contribution in [0.5, 0.6) is 0 Å². The molecule has 0 bridgehead atoms. The normalized spacial score (nSPS) is 12.4. The number of aromatic nitrogens is 6. The molecule has 0 aliphatic rings. The van der Waals surface area contributed by atoms with Crippen molar-refractivity contribution in [3.8, 4) is 22.6 Å². The number of pyridine rings is 1. The first-order valence-corrected chi connectivity index (χ1v) is 9.06. The molecular weight excluding hydrogens is 336 g/mol. The summed E-state index contributed by atoms with van der Waals surface area (Å²) >= 11 is 0. The third-order valence-corrected chi connectivity index (χ3v) is 4.71. The quantitative estimate of drug-likeness (QED) is 0.578. The third-order valence-electron chi connectivity index (χ3n) is 4.71. The molecule has 27 heavy (non-hydrogen) atoms. The standard InChI is InChI=1S/C21H22N6/c1-14(2)21(16-7-5-4-6-8-16)27-12-19(23-13-27)18-11-17(9-10-22-18)20-15(3)24-26-25-20/h4-14,21H,1-3H3,(H,24,25,26). The number of rotatable bonds is 5. The topological polar surface area (TPSA) is 72.3 Å². The lowest BCUT2D eigenvalue weighted by atomic mass is 9.96. The predicted molar refractivity (Wildman–Crippen MR) is 105 cm³/mol. The van der Waals surface area contributed by atoms with Gasteiger partial charge in [-0.1, -0.05) is 44.2 Å². The Morgan fingerprint density at radius 1 is 0.963 bits per heavy atom. The van der Waals surface area contributed by atoms with E-state index in [-0.39, 0.29) is 6.04 Å². The molecule has 4 aromatic rings. The van der Waals surface area contributed by atoms with Crippen molar-refractivity contribution >= 4 is 0 Å². The Morgan fingerprint density at radius 3 is 2.48 bits per heavy atom. The summed E-state index contributed by atoms with van der Waals surface area (Å²) in [6.07, 6.45) is 5.75. The van der Waals surface area contributed by atoms with Crippen molar-refractivity contribution in [1.82, 2.24) is 29.9 Å². The molecular formula is C21H22N6. The molecule has 0 aliphatic heterocycles. The smallest absolute Gasteiger partial charge is 0.115 e. The second-order valence-electron chi connectivity index (χ2n) is 6.99. The van der Waals surface area contributed by atoms with Gasteiger partial charge in [0.15, 0.2) is 0 Å². The van der Waals surface area contributed by atoms with Gasteiger partial charge in [0.25, 0.3) is 0 Å². The monoisotopic (exact) mass is 358 g/mol. The molecule has 0 fully saturated rings. The lowest BCUT2D eigenvalue weighted by Crippen LogP contribution is -2.15. The summed E-state index contributed by atoms with van der Waals surface area (Å²) in [5.74, 6) is 0.437. The van der Waals surface area contributed by atoms with Crippen LogP contribution >= 0.6 is 0 Å². The zero-order valence-corrected chi connectivity index (χ0v) is 15.7. The fraction of sp³-hybridized carbons (Fsp3) is 0.238. The number of hydrogen-bond acceptors (Lipinski definition) is 4. The Kier molecular flexibility index (Phi) is 4.54. The highest BCUT2D eigenvalue weighted by molar-refractivity contribution is 5.67. The molecule has 3 heterocycles. The van der Waals surface area contributed by atoms with Crippen molar-refractivity contribution < 1.29 is 0 Å². The van der Waals surface area contributed by atoms with E-state index in [0.29, 0.717) is 5.92 Å². The van der Waals surface area contributed by atoms with Crippen LogP contribution in [0.15, 0.2) is 61.2 Å². The van der Waals surface area contributed by atoms with Gasteiger partial charge in [-0.25, -0.2) is 4.98 Å². The molecule has 136 valence electrons. The SMILES string of the molecule is Cc1n[nH]nc1-c1ccnc(-c2cn(C(c3ccccc3)C(C)C)cn2)c1. The highest BCUT2D eigenvalue weighted by Crippen LogP contribution is 2.29. The molecule has 0 saturated carbocycles. The molecule has 6 heteroatoms. The van der Waals surface area contributed by atoms with Crippen molar-refractivity contribution in [2.24, 2.45) is 5.92 Å². The molecule has 1 atom stereocenters. The van der Waals surface area contributed by atoms with Gasteiger partial charge in [-0.3, -0.25) is 4.98 Å². The summed E-state index contributed by atoms with van der Waals surface area (Å²) in [7, 11) is 0. The predicted octanol–water partition coefficient (Wildman–Crippen LogP) is 4.28. The van der Waals surface area contributed by atoms with Crippen molar-refractivity contribution in [3.05, 3.63) is 72.4 Å². The zero-order chi connectivity index (χ0) is 18.8. The van der Waals surface area contributed by atoms with Gasteiger partial charge in [0.1, 0.15) is 11.4 Å². The van der Waals surface area contributed by atoms with Gasteiger partial charge in [0.2, 0.25) is 0 Å². The van der Waals surface area contributed by atoms with Gasteiger partial charge < -0.3 is 4.57 Å². The van der Waals surface area contributed by atoms with Gasteiger partial charge in [-0.15, -0.1) is 0 Å². The minimum atomic E-state index is 0.230. The average molecular weight is 358 g/mol. The Balaban J connectivity index is 1.69. The largest absolute Gasteiger partial charge is 0.329 e. The van der Waals surface area contributed by atoms with Crippen molar-refractivity contribution in [2.45, 2.75) is 26.8 Å². The summed E-state index contributed by atoms with van der Waals surface area (Å²) < 4.78 is 2.17. The fourth-order valence-corrected chi connectivity index (χ4v) is 3.45. The highest BCUT2D eigenvalue weighted by Gasteiger charge is 2.19. The summed E-state index contributed by atoms with van der Waals surface area (Å²) in [6, 6.07) is 14.7. The summed E-state index contributed by atoms with van der Waals surface area (Å²) in [5, 5.41) is 11.0. The Hall–Kier alpha value is -3.28. The Labute approximate surface area is 158 Å². The van der Waals surface area contributed by atoms with E-state index in [1.54, 1.807) is 6.20 Å². The number of H-pyrrole nitrogens is 1. The van der Waals surface area contributed by atoms with Gasteiger partial charge in [0, 0.05) is 18.0 Å². The lowest BCUT2D eigenvalue weighted by Gasteiger charge is -2.22. The second-order valence-corrected chi connectivity index (χ2v) is 6.99. The van der Waals surface area contributed by atoms with E-state index in [1.807, 2.05) is 31.5 Å². The van der Waals surface area contributed by atoms with Crippen LogP contribution in [0.3, 0.4) is 0 Å². The minimum absolute atomic E-state index is 0.230. The van der Waals surface area contributed by atoms with Gasteiger partial charge in [-0.05, 0) is 30.5 Å². The summed E-state index contributed by atoms with van der Waals surface area (Å²) in [6.45, 7) is 6.38. The van der Waals surface area contributed by atoms with E-state index in [2.05, 4.69) is 74.3 Å². The Bertz CT molecular complexity index is 1030. The molecule has 1 N–H and O–H groups in total. The molecule has 1 unspecified atom stereocenters. The van der Waals surface area contributed by atoms with Crippen molar-refractivity contribution in [1.29, 1.82) is 0 Å². The van der Waals surface area contributed by atoms with Crippen molar-refractivity contribution in [3.63, 3.8) is 0 Å². The molecule has 0 saturated heterocycles. The number of aromatic amines is 1. The van der Waals surface area contributed by atoms with Gasteiger partial charge in [0.05, 0.1) is 23.8 Å². The summed E-state index contributed by atoms with van der Waals surface area (Å²) in [4.78, 5) is 9.12. The molecule has 4 rings (SSSR count). The first-order chi connectivity index (χ1) is 13.1. The van der Waals surface area contributed by atoms with Gasteiger partial charge >= 0.3 is 0 Å².